The SMILES string of the molecule is CC/C=C\C/C=C\C/C=C\CCCCCCCCCCCC(=O)OCC(COC(=O)CCCCCCCCCCCC)OC(=O)CCC/C=C\C/C=C\C/C=C\CC. The predicted molar refractivity (Wildman–Crippen MR) is 247 cm³/mol. The van der Waals surface area contributed by atoms with Gasteiger partial charge < -0.3 is 14.2 Å². The van der Waals surface area contributed by atoms with E-state index < -0.39 is 6.10 Å². The molecule has 0 heterocycles. The van der Waals surface area contributed by atoms with E-state index in [0.29, 0.717) is 19.3 Å². The Bertz CT molecular complexity index is 1110. The summed E-state index contributed by atoms with van der Waals surface area (Å²) in [6.45, 7) is 6.34. The largest absolute Gasteiger partial charge is 0.462 e. The minimum absolute atomic E-state index is 0.0962. The van der Waals surface area contributed by atoms with E-state index in [4.69, 9.17) is 14.2 Å². The van der Waals surface area contributed by atoms with Crippen LogP contribution >= 0.6 is 0 Å². The first-order chi connectivity index (χ1) is 28.5. The lowest BCUT2D eigenvalue weighted by atomic mass is 10.1. The molecule has 6 heteroatoms. The van der Waals surface area contributed by atoms with Crippen LogP contribution in [0.2, 0.25) is 0 Å². The van der Waals surface area contributed by atoms with Gasteiger partial charge in [0.15, 0.2) is 6.10 Å². The van der Waals surface area contributed by atoms with Gasteiger partial charge in [0.05, 0.1) is 0 Å². The molecule has 0 aromatic carbocycles. The minimum Gasteiger partial charge on any atom is -0.462 e. The van der Waals surface area contributed by atoms with Crippen LogP contribution in [0.3, 0.4) is 0 Å². The van der Waals surface area contributed by atoms with E-state index in [2.05, 4.69) is 93.7 Å². The van der Waals surface area contributed by atoms with Crippen LogP contribution in [-0.2, 0) is 28.6 Å². The molecule has 0 radical (unpaired) electrons. The zero-order chi connectivity index (χ0) is 42.3. The number of rotatable bonds is 42. The van der Waals surface area contributed by atoms with E-state index in [1.165, 1.54) is 89.9 Å². The highest BCUT2D eigenvalue weighted by Gasteiger charge is 2.19. The van der Waals surface area contributed by atoms with Gasteiger partial charge in [0, 0.05) is 19.3 Å². The molecule has 0 fully saturated rings. The minimum atomic E-state index is -0.799. The average molecular weight is 809 g/mol. The molecular weight excluding hydrogens is 721 g/mol. The smallest absolute Gasteiger partial charge is 0.306 e. The van der Waals surface area contributed by atoms with Gasteiger partial charge in [0.2, 0.25) is 0 Å². The second-order valence-corrected chi connectivity index (χ2v) is 15.6. The molecule has 0 bridgehead atoms. The number of allylic oxidation sites excluding steroid dienone is 12. The maximum Gasteiger partial charge on any atom is 0.306 e. The Morgan fingerprint density at radius 3 is 1.10 bits per heavy atom. The molecule has 0 aliphatic heterocycles. The summed E-state index contributed by atoms with van der Waals surface area (Å²) < 4.78 is 16.7. The standard InChI is InChI=1S/C52H88O6/c1-4-7-10-13-16-19-22-23-24-25-26-27-28-29-31-33-36-39-42-45-51(54)57-48-49(47-56-50(53)44-41-38-35-32-21-18-15-12-9-6-3)58-52(55)46-43-40-37-34-30-20-17-14-11-8-5-2/h7-8,10-11,16-17,19-20,23-24,34,37,49H,4-6,9,12-15,18,21-22,25-33,35-36,38-48H2,1-3H3/b10-7-,11-8-,19-16-,20-17-,24-23-,37-34-. The molecule has 58 heavy (non-hydrogen) atoms. The summed E-state index contributed by atoms with van der Waals surface area (Å²) in [7, 11) is 0. The molecule has 0 aromatic heterocycles. The molecule has 0 saturated carbocycles. The molecule has 1 atom stereocenters. The number of unbranched alkanes of at least 4 members (excludes halogenated alkanes) is 19. The van der Waals surface area contributed by atoms with Crippen molar-refractivity contribution in [1.29, 1.82) is 0 Å². The van der Waals surface area contributed by atoms with Crippen molar-refractivity contribution >= 4 is 17.9 Å². The van der Waals surface area contributed by atoms with E-state index in [-0.39, 0.29) is 37.5 Å². The summed E-state index contributed by atoms with van der Waals surface area (Å²) in [5.41, 5.74) is 0. The molecule has 0 rings (SSSR count). The van der Waals surface area contributed by atoms with Gasteiger partial charge in [-0.15, -0.1) is 0 Å². The lowest BCUT2D eigenvalue weighted by Crippen LogP contribution is -2.30. The van der Waals surface area contributed by atoms with Crippen molar-refractivity contribution in [3.05, 3.63) is 72.9 Å². The molecule has 6 nitrogen and oxygen atoms in total. The first-order valence-electron chi connectivity index (χ1n) is 23.9. The third-order valence-electron chi connectivity index (χ3n) is 9.96. The molecule has 0 amide bonds. The average Bonchev–Trinajstić information content (AvgIpc) is 3.22. The highest BCUT2D eigenvalue weighted by molar-refractivity contribution is 5.71. The molecule has 0 aromatic rings. The number of hydrogen-bond donors (Lipinski definition) is 0. The summed E-state index contributed by atoms with van der Waals surface area (Å²) in [5, 5.41) is 0. The number of carbonyl (C=O) groups excluding carboxylic acids is 3. The molecular formula is C52H88O6. The van der Waals surface area contributed by atoms with Crippen LogP contribution in [0.5, 0.6) is 0 Å². The lowest BCUT2D eigenvalue weighted by molar-refractivity contribution is -0.167. The van der Waals surface area contributed by atoms with Crippen LogP contribution in [0, 0.1) is 0 Å². The van der Waals surface area contributed by atoms with Gasteiger partial charge in [-0.3, -0.25) is 14.4 Å². The highest BCUT2D eigenvalue weighted by Crippen LogP contribution is 2.14. The van der Waals surface area contributed by atoms with E-state index in [1.54, 1.807) is 0 Å². The Kier molecular flexibility index (Phi) is 44.0. The van der Waals surface area contributed by atoms with Crippen LogP contribution in [0.4, 0.5) is 0 Å². The van der Waals surface area contributed by atoms with Gasteiger partial charge in [0.25, 0.3) is 0 Å². The number of ether oxygens (including phenoxy) is 3. The lowest BCUT2D eigenvalue weighted by Gasteiger charge is -2.18. The molecule has 1 unspecified atom stereocenters. The molecule has 0 saturated heterocycles. The van der Waals surface area contributed by atoms with Crippen molar-refractivity contribution in [3.63, 3.8) is 0 Å². The molecule has 0 aliphatic carbocycles. The van der Waals surface area contributed by atoms with Gasteiger partial charge in [-0.25, -0.2) is 0 Å². The molecule has 332 valence electrons. The Morgan fingerprint density at radius 1 is 0.362 bits per heavy atom. The first kappa shape index (κ1) is 54.9. The van der Waals surface area contributed by atoms with Crippen molar-refractivity contribution in [2.75, 3.05) is 13.2 Å². The second-order valence-electron chi connectivity index (χ2n) is 15.6. The van der Waals surface area contributed by atoms with Crippen LogP contribution in [0.15, 0.2) is 72.9 Å². The van der Waals surface area contributed by atoms with E-state index >= 15 is 0 Å². The normalized spacial score (nSPS) is 12.7. The number of esters is 3. The first-order valence-corrected chi connectivity index (χ1v) is 23.9. The van der Waals surface area contributed by atoms with Crippen LogP contribution in [0.25, 0.3) is 0 Å². The summed E-state index contributed by atoms with van der Waals surface area (Å²) in [6, 6.07) is 0. The second kappa shape index (κ2) is 46.5. The van der Waals surface area contributed by atoms with Crippen molar-refractivity contribution in [3.8, 4) is 0 Å². The monoisotopic (exact) mass is 809 g/mol. The third kappa shape index (κ3) is 44.0. The van der Waals surface area contributed by atoms with E-state index in [9.17, 15) is 14.4 Å². The van der Waals surface area contributed by atoms with Crippen molar-refractivity contribution in [2.24, 2.45) is 0 Å². The van der Waals surface area contributed by atoms with Crippen LogP contribution in [-0.4, -0.2) is 37.2 Å². The zero-order valence-corrected chi connectivity index (χ0v) is 37.8. The van der Waals surface area contributed by atoms with Crippen LogP contribution in [0.1, 0.15) is 220 Å². The van der Waals surface area contributed by atoms with Crippen molar-refractivity contribution < 1.29 is 28.6 Å². The number of carbonyl (C=O) groups is 3. The number of hydrogen-bond acceptors (Lipinski definition) is 6. The fraction of sp³-hybridized carbons (Fsp3) is 0.712. The van der Waals surface area contributed by atoms with Gasteiger partial charge in [0.1, 0.15) is 13.2 Å². The summed E-state index contributed by atoms with van der Waals surface area (Å²) in [5.74, 6) is -0.961. The van der Waals surface area contributed by atoms with E-state index in [0.717, 1.165) is 83.5 Å². The molecule has 0 aliphatic rings. The van der Waals surface area contributed by atoms with Gasteiger partial charge in [-0.05, 0) is 77.0 Å². The third-order valence-corrected chi connectivity index (χ3v) is 9.96. The molecule has 0 spiro atoms. The van der Waals surface area contributed by atoms with Gasteiger partial charge in [-0.2, -0.15) is 0 Å². The van der Waals surface area contributed by atoms with E-state index in [1.807, 2.05) is 0 Å². The predicted octanol–water partition coefficient (Wildman–Crippen LogP) is 15.5. The maximum atomic E-state index is 12.7. The fourth-order valence-corrected chi connectivity index (χ4v) is 6.42. The Morgan fingerprint density at radius 2 is 0.690 bits per heavy atom. The topological polar surface area (TPSA) is 78.9 Å². The summed E-state index contributed by atoms with van der Waals surface area (Å²) in [4.78, 5) is 37.7. The van der Waals surface area contributed by atoms with Crippen molar-refractivity contribution in [2.45, 2.75) is 226 Å². The Hall–Kier alpha value is -3.15. The Balaban J connectivity index is 4.35. The fourth-order valence-electron chi connectivity index (χ4n) is 6.42. The van der Waals surface area contributed by atoms with Gasteiger partial charge >= 0.3 is 17.9 Å². The summed E-state index contributed by atoms with van der Waals surface area (Å²) >= 11 is 0. The quantitative estimate of drug-likeness (QED) is 0.0264. The summed E-state index contributed by atoms with van der Waals surface area (Å²) in [6.07, 6.45) is 57.6. The zero-order valence-electron chi connectivity index (χ0n) is 37.8. The molecule has 0 N–H and O–H groups in total. The highest BCUT2D eigenvalue weighted by atomic mass is 16.6. The van der Waals surface area contributed by atoms with Gasteiger partial charge in [-0.1, -0.05) is 196 Å². The Labute approximate surface area is 357 Å². The van der Waals surface area contributed by atoms with Crippen molar-refractivity contribution in [1.82, 2.24) is 0 Å². The van der Waals surface area contributed by atoms with Crippen LogP contribution < -0.4 is 0 Å². The maximum absolute atomic E-state index is 12.7.